The highest BCUT2D eigenvalue weighted by Crippen LogP contribution is 2.46. The molecule has 2 heterocycles. The molecular weight excluding hydrogens is 643 g/mol. The maximum atomic E-state index is 6.93. The third-order valence-corrected chi connectivity index (χ3v) is 11.7. The summed E-state index contributed by atoms with van der Waals surface area (Å²) < 4.78 is 0. The minimum atomic E-state index is -0.0118. The number of rotatable bonds is 5. The summed E-state index contributed by atoms with van der Waals surface area (Å²) in [6, 6.07) is 51.1. The van der Waals surface area contributed by atoms with Gasteiger partial charge in [-0.15, -0.1) is 0 Å². The lowest BCUT2D eigenvalue weighted by molar-refractivity contribution is 0.546. The van der Waals surface area contributed by atoms with Gasteiger partial charge in [0.05, 0.1) is 11.0 Å². The first-order valence-electron chi connectivity index (χ1n) is 18.8. The van der Waals surface area contributed by atoms with Crippen molar-refractivity contribution in [3.63, 3.8) is 0 Å². The van der Waals surface area contributed by atoms with E-state index in [1.54, 1.807) is 0 Å². The van der Waals surface area contributed by atoms with Crippen LogP contribution in [0.5, 0.6) is 0 Å². The first-order valence-corrected chi connectivity index (χ1v) is 18.8. The Morgan fingerprint density at radius 3 is 2.00 bits per heavy atom. The van der Waals surface area contributed by atoms with E-state index in [0.717, 1.165) is 34.6 Å². The van der Waals surface area contributed by atoms with Gasteiger partial charge < -0.3 is 5.73 Å². The van der Waals surface area contributed by atoms with Crippen LogP contribution in [0.15, 0.2) is 164 Å². The normalized spacial score (nSPS) is 16.6. The van der Waals surface area contributed by atoms with Gasteiger partial charge in [-0.05, 0) is 102 Å². The SMILES string of the molecule is C[C@H](c1cccc(-c2ccc(-c3cc4cccnc4c4ncccc34)c3ccccc23)c1)c1c(C2CCC=CC2N)c2ccccc2c2ccccc12. The Bertz CT molecular complexity index is 2900. The van der Waals surface area contributed by atoms with Crippen LogP contribution in [0.2, 0.25) is 0 Å². The molecule has 2 aromatic heterocycles. The van der Waals surface area contributed by atoms with Crippen LogP contribution in [0.4, 0.5) is 0 Å². The number of pyridine rings is 2. The first kappa shape index (κ1) is 31.6. The number of nitrogens with two attached hydrogens (primary N) is 1. The molecule has 0 spiro atoms. The van der Waals surface area contributed by atoms with Gasteiger partial charge in [0, 0.05) is 41.0 Å². The molecule has 0 radical (unpaired) electrons. The highest BCUT2D eigenvalue weighted by Gasteiger charge is 2.29. The van der Waals surface area contributed by atoms with Gasteiger partial charge >= 0.3 is 0 Å². The van der Waals surface area contributed by atoms with Crippen molar-refractivity contribution in [1.82, 2.24) is 9.97 Å². The van der Waals surface area contributed by atoms with Crippen LogP contribution in [0, 0.1) is 0 Å². The van der Waals surface area contributed by atoms with Crippen molar-refractivity contribution in [3.05, 3.63) is 181 Å². The average molecular weight is 682 g/mol. The van der Waals surface area contributed by atoms with Gasteiger partial charge in [-0.3, -0.25) is 9.97 Å². The molecular formula is C50H39N3. The number of benzene rings is 7. The Morgan fingerprint density at radius 1 is 0.566 bits per heavy atom. The van der Waals surface area contributed by atoms with Gasteiger partial charge in [0.25, 0.3) is 0 Å². The number of hydrogen-bond acceptors (Lipinski definition) is 3. The Morgan fingerprint density at radius 2 is 1.21 bits per heavy atom. The average Bonchev–Trinajstić information content (AvgIpc) is 3.22. The molecule has 2 N–H and O–H groups in total. The Kier molecular flexibility index (Phi) is 7.63. The lowest BCUT2D eigenvalue weighted by Crippen LogP contribution is -2.29. The zero-order valence-corrected chi connectivity index (χ0v) is 29.7. The summed E-state index contributed by atoms with van der Waals surface area (Å²) in [4.78, 5) is 9.49. The third-order valence-electron chi connectivity index (χ3n) is 11.7. The smallest absolute Gasteiger partial charge is 0.0970 e. The van der Waals surface area contributed by atoms with E-state index in [1.807, 2.05) is 24.5 Å². The van der Waals surface area contributed by atoms with E-state index < -0.39 is 0 Å². The molecule has 3 atom stereocenters. The molecule has 1 aliphatic carbocycles. The summed E-state index contributed by atoms with van der Waals surface area (Å²) in [6.07, 6.45) is 10.3. The van der Waals surface area contributed by atoms with Crippen LogP contribution in [-0.4, -0.2) is 16.0 Å². The van der Waals surface area contributed by atoms with Crippen LogP contribution in [0.1, 0.15) is 48.3 Å². The summed E-state index contributed by atoms with van der Waals surface area (Å²) >= 11 is 0. The third kappa shape index (κ3) is 5.15. The molecule has 1 aliphatic rings. The molecule has 53 heavy (non-hydrogen) atoms. The largest absolute Gasteiger partial charge is 0.324 e. The number of allylic oxidation sites excluding steroid dienone is 1. The second-order valence-corrected chi connectivity index (χ2v) is 14.6. The highest BCUT2D eigenvalue weighted by molar-refractivity contribution is 6.15. The van der Waals surface area contributed by atoms with Gasteiger partial charge in [0.15, 0.2) is 0 Å². The van der Waals surface area contributed by atoms with Gasteiger partial charge in [-0.2, -0.15) is 0 Å². The molecule has 0 bridgehead atoms. The fourth-order valence-corrected chi connectivity index (χ4v) is 9.18. The fraction of sp³-hybridized carbons (Fsp3) is 0.120. The van der Waals surface area contributed by atoms with Crippen LogP contribution in [-0.2, 0) is 0 Å². The van der Waals surface area contributed by atoms with Crippen molar-refractivity contribution in [2.75, 3.05) is 0 Å². The number of aromatic nitrogens is 2. The topological polar surface area (TPSA) is 51.8 Å². The molecule has 7 aromatic carbocycles. The summed E-state index contributed by atoms with van der Waals surface area (Å²) in [5.74, 6) is 0.400. The van der Waals surface area contributed by atoms with E-state index in [0.29, 0.717) is 0 Å². The van der Waals surface area contributed by atoms with Crippen molar-refractivity contribution < 1.29 is 0 Å². The molecule has 3 nitrogen and oxygen atoms in total. The molecule has 2 unspecified atom stereocenters. The zero-order chi connectivity index (χ0) is 35.5. The van der Waals surface area contributed by atoms with E-state index in [-0.39, 0.29) is 17.9 Å². The van der Waals surface area contributed by atoms with Crippen molar-refractivity contribution in [2.24, 2.45) is 5.73 Å². The standard InChI is InChI=1S/C50H39N3/c1-31(47-41-20-6-4-18-38(41)39-19-5-7-21-42(39)48(47)44-22-8-9-24-46(44)51)32-13-10-14-33(29-32)35-25-26-40(37-17-3-2-16-36(35)37)45-30-34-15-11-27-52-49(34)50-43(45)23-12-28-53-50/h2-7,9-21,23-31,44,46H,8,22,51H2,1H3/t31-,44?,46?/m1/s1. The lowest BCUT2D eigenvalue weighted by Gasteiger charge is -2.32. The quantitative estimate of drug-likeness (QED) is 0.145. The van der Waals surface area contributed by atoms with E-state index in [1.165, 1.54) is 71.3 Å². The lowest BCUT2D eigenvalue weighted by atomic mass is 9.74. The summed E-state index contributed by atoms with van der Waals surface area (Å²) in [7, 11) is 0. The molecule has 0 aliphatic heterocycles. The van der Waals surface area contributed by atoms with E-state index in [2.05, 4.69) is 146 Å². The predicted octanol–water partition coefficient (Wildman–Crippen LogP) is 12.5. The van der Waals surface area contributed by atoms with Gasteiger partial charge in [0.2, 0.25) is 0 Å². The van der Waals surface area contributed by atoms with E-state index >= 15 is 0 Å². The minimum Gasteiger partial charge on any atom is -0.324 e. The van der Waals surface area contributed by atoms with Crippen LogP contribution in [0.3, 0.4) is 0 Å². The van der Waals surface area contributed by atoms with Crippen LogP contribution >= 0.6 is 0 Å². The highest BCUT2D eigenvalue weighted by atomic mass is 14.7. The number of fused-ring (bicyclic) bond motifs is 7. The molecule has 0 fully saturated rings. The van der Waals surface area contributed by atoms with Gasteiger partial charge in [0.1, 0.15) is 0 Å². The maximum absolute atomic E-state index is 6.93. The van der Waals surface area contributed by atoms with E-state index in [9.17, 15) is 0 Å². The molecule has 10 rings (SSSR count). The second kappa shape index (κ2) is 12.8. The van der Waals surface area contributed by atoms with E-state index in [4.69, 9.17) is 15.7 Å². The van der Waals surface area contributed by atoms with Gasteiger partial charge in [-0.1, -0.05) is 140 Å². The zero-order valence-electron chi connectivity index (χ0n) is 29.7. The second-order valence-electron chi connectivity index (χ2n) is 14.6. The number of hydrogen-bond donors (Lipinski definition) is 1. The summed E-state index contributed by atoms with van der Waals surface area (Å²) in [5, 5.41) is 9.92. The molecule has 0 saturated carbocycles. The number of nitrogens with zero attached hydrogens (tertiary/aromatic N) is 2. The van der Waals surface area contributed by atoms with Crippen LogP contribution in [0.25, 0.3) is 76.4 Å². The van der Waals surface area contributed by atoms with Gasteiger partial charge in [-0.25, -0.2) is 0 Å². The predicted molar refractivity (Wildman–Crippen MR) is 223 cm³/mol. The molecule has 3 heteroatoms. The van der Waals surface area contributed by atoms with Crippen molar-refractivity contribution in [3.8, 4) is 22.3 Å². The Hall–Kier alpha value is -6.16. The van der Waals surface area contributed by atoms with Crippen molar-refractivity contribution in [1.29, 1.82) is 0 Å². The molecule has 9 aromatic rings. The minimum absolute atomic E-state index is 0.0118. The Balaban J connectivity index is 1.15. The molecule has 0 saturated heterocycles. The van der Waals surface area contributed by atoms with Crippen molar-refractivity contribution in [2.45, 2.75) is 37.6 Å². The fourth-order valence-electron chi connectivity index (χ4n) is 9.18. The summed E-state index contributed by atoms with van der Waals surface area (Å²) in [5.41, 5.74) is 17.7. The Labute approximate surface area is 309 Å². The monoisotopic (exact) mass is 681 g/mol. The summed E-state index contributed by atoms with van der Waals surface area (Å²) in [6.45, 7) is 2.39. The molecule has 254 valence electrons. The van der Waals surface area contributed by atoms with Crippen molar-refractivity contribution >= 4 is 54.1 Å². The first-order chi connectivity index (χ1) is 26.2. The van der Waals surface area contributed by atoms with Crippen LogP contribution < -0.4 is 5.73 Å². The maximum Gasteiger partial charge on any atom is 0.0970 e. The molecule has 0 amide bonds.